The zero-order chi connectivity index (χ0) is 50.6. The van der Waals surface area contributed by atoms with Gasteiger partial charge in [-0.3, -0.25) is 13.8 Å². The molecule has 0 bridgehead atoms. The number of phosphoric acid groups is 1. The molecule has 0 radical (unpaired) electrons. The smallest absolute Gasteiger partial charge is 0.391 e. The first-order chi connectivity index (χ1) is 33.5. The summed E-state index contributed by atoms with van der Waals surface area (Å²) in [5, 5.41) is 14.1. The van der Waals surface area contributed by atoms with Gasteiger partial charge in [0.05, 0.1) is 39.9 Å². The molecule has 0 aliphatic carbocycles. The van der Waals surface area contributed by atoms with Crippen LogP contribution in [0.15, 0.2) is 48.6 Å². The number of likely N-dealkylation sites (N-methyl/N-ethyl adjacent to an activating group) is 1. The Morgan fingerprint density at radius 1 is 0.507 bits per heavy atom. The molecule has 0 aromatic heterocycles. The molecule has 0 rings (SSSR count). The average Bonchev–Trinajstić information content (AvgIpc) is 3.31. The van der Waals surface area contributed by atoms with Crippen molar-refractivity contribution in [3.8, 4) is 0 Å². The lowest BCUT2D eigenvalue weighted by Gasteiger charge is -2.26. The molecule has 8 nitrogen and oxygen atoms in total. The monoisotopic (exact) mass is 992 g/mol. The Morgan fingerprint density at radius 2 is 0.870 bits per heavy atom. The summed E-state index contributed by atoms with van der Waals surface area (Å²) in [6.07, 6.45) is 67.4. The van der Waals surface area contributed by atoms with Crippen molar-refractivity contribution in [3.63, 3.8) is 0 Å². The van der Waals surface area contributed by atoms with E-state index in [1.807, 2.05) is 21.1 Å². The first-order valence-corrected chi connectivity index (χ1v) is 31.0. The van der Waals surface area contributed by atoms with E-state index in [1.165, 1.54) is 186 Å². The molecular weight excluding hydrogens is 876 g/mol. The fourth-order valence-corrected chi connectivity index (χ4v) is 9.48. The van der Waals surface area contributed by atoms with Crippen LogP contribution in [-0.4, -0.2) is 73.4 Å². The number of nitrogens with zero attached hydrogens (tertiary/aromatic N) is 1. The molecule has 3 unspecified atom stereocenters. The number of allylic oxidation sites excluding steroid dienone is 8. The standard InChI is InChI=1S/C60H115N2O6P/c1-6-8-10-12-14-16-18-20-22-24-26-28-30-31-32-34-36-38-40-42-44-46-48-50-52-54-60(64)61-58(57-68-69(65,66)67-56-55-62(3,4)5)59(63)53-51-49-47-45-43-41-39-37-35-33-29-27-25-23-21-19-17-15-13-11-9-7-2/h8,10,14,16,20,22,26,28,58-59,63H,6-7,9,11-13,15,17-19,21,23-25,27,29-57H2,1-5H3,(H-,61,64,65,66)/p+1/b10-8-,16-14-,22-20-,28-26-. The molecule has 69 heavy (non-hydrogen) atoms. The van der Waals surface area contributed by atoms with Gasteiger partial charge in [0, 0.05) is 6.42 Å². The van der Waals surface area contributed by atoms with Crippen LogP contribution in [0.1, 0.15) is 277 Å². The molecule has 1 amide bonds. The highest BCUT2D eigenvalue weighted by Gasteiger charge is 2.28. The molecule has 9 heteroatoms. The van der Waals surface area contributed by atoms with Crippen molar-refractivity contribution < 1.29 is 32.9 Å². The van der Waals surface area contributed by atoms with E-state index in [9.17, 15) is 19.4 Å². The lowest BCUT2D eigenvalue weighted by molar-refractivity contribution is -0.870. The van der Waals surface area contributed by atoms with Crippen LogP contribution in [0.25, 0.3) is 0 Å². The van der Waals surface area contributed by atoms with E-state index in [-0.39, 0.29) is 19.1 Å². The number of amides is 1. The number of hydrogen-bond acceptors (Lipinski definition) is 5. The molecule has 0 aromatic carbocycles. The van der Waals surface area contributed by atoms with Crippen molar-refractivity contribution in [3.05, 3.63) is 48.6 Å². The number of nitrogens with one attached hydrogen (secondary N) is 1. The summed E-state index contributed by atoms with van der Waals surface area (Å²) in [5.41, 5.74) is 0. The second kappa shape index (κ2) is 51.4. The van der Waals surface area contributed by atoms with Gasteiger partial charge in [-0.05, 0) is 51.4 Å². The first-order valence-electron chi connectivity index (χ1n) is 29.5. The molecule has 0 spiro atoms. The predicted molar refractivity (Wildman–Crippen MR) is 300 cm³/mol. The van der Waals surface area contributed by atoms with E-state index < -0.39 is 20.0 Å². The van der Waals surface area contributed by atoms with Crippen molar-refractivity contribution in [2.45, 2.75) is 289 Å². The number of hydrogen-bond donors (Lipinski definition) is 3. The summed E-state index contributed by atoms with van der Waals surface area (Å²) in [4.78, 5) is 23.4. The van der Waals surface area contributed by atoms with Crippen LogP contribution in [0.2, 0.25) is 0 Å². The van der Waals surface area contributed by atoms with Crippen LogP contribution in [0.5, 0.6) is 0 Å². The molecule has 0 aliphatic rings. The normalized spacial score (nSPS) is 14.2. The van der Waals surface area contributed by atoms with E-state index in [0.717, 1.165) is 64.2 Å². The van der Waals surface area contributed by atoms with Gasteiger partial charge in [-0.15, -0.1) is 0 Å². The van der Waals surface area contributed by atoms with Crippen molar-refractivity contribution in [1.29, 1.82) is 0 Å². The maximum Gasteiger partial charge on any atom is 0.472 e. The molecule has 0 fully saturated rings. The number of carbonyl (C=O) groups is 1. The summed E-state index contributed by atoms with van der Waals surface area (Å²) in [5.74, 6) is -0.145. The Bertz CT molecular complexity index is 1260. The minimum atomic E-state index is -4.33. The fourth-order valence-electron chi connectivity index (χ4n) is 8.75. The van der Waals surface area contributed by atoms with Crippen molar-refractivity contribution in [1.82, 2.24) is 5.32 Å². The number of aliphatic hydroxyl groups excluding tert-OH is 1. The van der Waals surface area contributed by atoms with Gasteiger partial charge in [0.2, 0.25) is 5.91 Å². The van der Waals surface area contributed by atoms with Gasteiger partial charge in [0.1, 0.15) is 13.2 Å². The highest BCUT2D eigenvalue weighted by atomic mass is 31.2. The molecule has 0 aromatic rings. The van der Waals surface area contributed by atoms with E-state index >= 15 is 0 Å². The zero-order valence-electron chi connectivity index (χ0n) is 46.3. The number of phosphoric ester groups is 1. The fraction of sp³-hybridized carbons (Fsp3) is 0.850. The Hall–Kier alpha value is -1.54. The van der Waals surface area contributed by atoms with E-state index in [2.05, 4.69) is 67.8 Å². The first kappa shape index (κ1) is 67.5. The molecule has 406 valence electrons. The van der Waals surface area contributed by atoms with Crippen molar-refractivity contribution in [2.24, 2.45) is 0 Å². The Balaban J connectivity index is 4.15. The van der Waals surface area contributed by atoms with Crippen molar-refractivity contribution in [2.75, 3.05) is 40.9 Å². The van der Waals surface area contributed by atoms with E-state index in [4.69, 9.17) is 9.05 Å². The van der Waals surface area contributed by atoms with Crippen LogP contribution >= 0.6 is 7.82 Å². The molecule has 0 heterocycles. The van der Waals surface area contributed by atoms with Gasteiger partial charge in [-0.1, -0.05) is 268 Å². The van der Waals surface area contributed by atoms with Crippen LogP contribution in [0, 0.1) is 0 Å². The van der Waals surface area contributed by atoms with Gasteiger partial charge < -0.3 is 19.8 Å². The summed E-state index contributed by atoms with van der Waals surface area (Å²) in [7, 11) is 1.62. The summed E-state index contributed by atoms with van der Waals surface area (Å²) in [6.45, 7) is 4.81. The third-order valence-electron chi connectivity index (χ3n) is 13.3. The molecule has 3 atom stereocenters. The molecule has 0 aliphatic heterocycles. The number of unbranched alkanes of at least 4 members (excludes halogenated alkanes) is 33. The van der Waals surface area contributed by atoms with Crippen molar-refractivity contribution >= 4 is 13.7 Å². The van der Waals surface area contributed by atoms with Gasteiger partial charge >= 0.3 is 7.82 Å². The molecular formula is C60H116N2O6P+. The topological polar surface area (TPSA) is 105 Å². The second-order valence-corrected chi connectivity index (χ2v) is 22.8. The Labute approximate surface area is 429 Å². The molecule has 0 saturated heterocycles. The largest absolute Gasteiger partial charge is 0.472 e. The van der Waals surface area contributed by atoms with Gasteiger partial charge in [-0.2, -0.15) is 0 Å². The number of aliphatic hydroxyl groups is 1. The quantitative estimate of drug-likeness (QED) is 0.0243. The summed E-state index contributed by atoms with van der Waals surface area (Å²) >= 11 is 0. The van der Waals surface area contributed by atoms with E-state index in [1.54, 1.807) is 0 Å². The Morgan fingerprint density at radius 3 is 1.28 bits per heavy atom. The molecule has 3 N–H and O–H groups in total. The third kappa shape index (κ3) is 54.1. The number of quaternary nitrogens is 1. The minimum absolute atomic E-state index is 0.0740. The van der Waals surface area contributed by atoms with Crippen LogP contribution in [-0.2, 0) is 18.4 Å². The van der Waals surface area contributed by atoms with E-state index in [0.29, 0.717) is 23.9 Å². The van der Waals surface area contributed by atoms with Crippen LogP contribution in [0.4, 0.5) is 0 Å². The molecule has 0 saturated carbocycles. The third-order valence-corrected chi connectivity index (χ3v) is 14.3. The summed E-state index contributed by atoms with van der Waals surface area (Å²) in [6, 6.07) is -0.764. The predicted octanol–water partition coefficient (Wildman–Crippen LogP) is 17.9. The maximum atomic E-state index is 13.0. The maximum absolute atomic E-state index is 13.0. The number of rotatable bonds is 54. The van der Waals surface area contributed by atoms with Crippen LogP contribution in [0.3, 0.4) is 0 Å². The van der Waals surface area contributed by atoms with Gasteiger partial charge in [0.15, 0.2) is 0 Å². The second-order valence-electron chi connectivity index (χ2n) is 21.3. The lowest BCUT2D eigenvalue weighted by Crippen LogP contribution is -2.46. The summed E-state index contributed by atoms with van der Waals surface area (Å²) < 4.78 is 23.8. The highest BCUT2D eigenvalue weighted by molar-refractivity contribution is 7.47. The minimum Gasteiger partial charge on any atom is -0.391 e. The average molecular weight is 993 g/mol. The van der Waals surface area contributed by atoms with Gasteiger partial charge in [-0.25, -0.2) is 4.57 Å². The van der Waals surface area contributed by atoms with Crippen LogP contribution < -0.4 is 5.32 Å². The number of carbonyl (C=O) groups excluding carboxylic acids is 1. The highest BCUT2D eigenvalue weighted by Crippen LogP contribution is 2.43. The Kier molecular flexibility index (Phi) is 50.2. The lowest BCUT2D eigenvalue weighted by atomic mass is 10.0. The SMILES string of the molecule is CC/C=C\C/C=C\C/C=C\C/C=C\CCCCCCCCCCCCCCC(=O)NC(COP(=O)(O)OCC[N+](C)(C)C)C(O)CCCCCCCCCCCCCCCCCCCCCCCC. The zero-order valence-corrected chi connectivity index (χ0v) is 47.2. The van der Waals surface area contributed by atoms with Gasteiger partial charge in [0.25, 0.3) is 0 Å².